The van der Waals surface area contributed by atoms with E-state index in [1.165, 1.54) is 6.20 Å². The monoisotopic (exact) mass is 414 g/mol. The van der Waals surface area contributed by atoms with Crippen molar-refractivity contribution in [2.75, 3.05) is 19.7 Å². The first kappa shape index (κ1) is 21.6. The minimum Gasteiger partial charge on any atom is -0.492 e. The summed E-state index contributed by atoms with van der Waals surface area (Å²) in [6, 6.07) is 9.22. The number of allylic oxidation sites excluding steroid dienone is 2. The molecular weight excluding hydrogens is 388 g/mol. The predicted molar refractivity (Wildman–Crippen MR) is 109 cm³/mol. The van der Waals surface area contributed by atoms with Crippen LogP contribution in [0.1, 0.15) is 18.4 Å². The van der Waals surface area contributed by atoms with Gasteiger partial charge in [-0.3, -0.25) is 0 Å². The number of ether oxygens (including phenoxy) is 2. The quantitative estimate of drug-likeness (QED) is 0.454. The Morgan fingerprint density at radius 2 is 2.03 bits per heavy atom. The van der Waals surface area contributed by atoms with Gasteiger partial charge in [-0.1, -0.05) is 30.3 Å². The molecule has 3 rings (SSSR count). The van der Waals surface area contributed by atoms with Crippen molar-refractivity contribution in [3.63, 3.8) is 0 Å². The van der Waals surface area contributed by atoms with Crippen LogP contribution in [-0.2, 0) is 25.7 Å². The number of carboxylic acid groups (broad SMARTS) is 2. The smallest absolute Gasteiger partial charge is 0.337 e. The zero-order valence-electron chi connectivity index (χ0n) is 16.5. The van der Waals surface area contributed by atoms with Gasteiger partial charge in [0.1, 0.15) is 5.57 Å². The molecule has 2 heterocycles. The van der Waals surface area contributed by atoms with Crippen LogP contribution in [0.2, 0.25) is 0 Å². The summed E-state index contributed by atoms with van der Waals surface area (Å²) < 4.78 is 12.1. The molecular formula is C22H26N2O6. The lowest BCUT2D eigenvalue weighted by Gasteiger charge is -2.38. The first-order chi connectivity index (χ1) is 14.5. The number of carbonyl (C=O) groups is 2. The Morgan fingerprint density at radius 3 is 2.70 bits per heavy atom. The number of aliphatic carboxylic acids is 2. The van der Waals surface area contributed by atoms with Gasteiger partial charge in [0.2, 0.25) is 5.72 Å². The van der Waals surface area contributed by atoms with Gasteiger partial charge in [0.05, 0.1) is 13.2 Å². The minimum atomic E-state index is -1.77. The average molecular weight is 414 g/mol. The molecule has 1 fully saturated rings. The number of rotatable bonds is 9. The third-order valence-electron chi connectivity index (χ3n) is 5.03. The Bertz CT molecular complexity index is 842. The third-order valence-corrected chi connectivity index (χ3v) is 5.03. The normalized spacial score (nSPS) is 23.9. The number of piperidine rings is 1. The maximum absolute atomic E-state index is 12.0. The standard InChI is InChI=1S/C22H26N2O6/c25-20(26)12-18(21(27)28)22(30-15-16-6-2-1-3-7-16)19(9-5-11-24-22)29-14-17-8-4-10-23-13-17/h1-3,5-7,9,11-12,17,23-24H,4,8,10,13-15H2,(H,25,26)(H,27,28)/b18-12-/t17?,22-/m0/s1. The molecule has 2 atom stereocenters. The van der Waals surface area contributed by atoms with Crippen LogP contribution in [0.15, 0.2) is 66.1 Å². The molecule has 30 heavy (non-hydrogen) atoms. The summed E-state index contributed by atoms with van der Waals surface area (Å²) in [7, 11) is 0. The van der Waals surface area contributed by atoms with E-state index in [0.29, 0.717) is 12.7 Å². The van der Waals surface area contributed by atoms with Gasteiger partial charge in [-0.05, 0) is 43.3 Å². The number of benzene rings is 1. The van der Waals surface area contributed by atoms with Crippen molar-refractivity contribution in [3.8, 4) is 0 Å². The van der Waals surface area contributed by atoms with Gasteiger partial charge in [0.25, 0.3) is 0 Å². The largest absolute Gasteiger partial charge is 0.492 e. The molecule has 0 spiro atoms. The van der Waals surface area contributed by atoms with E-state index in [1.807, 2.05) is 30.3 Å². The zero-order chi connectivity index (χ0) is 21.4. The zero-order valence-corrected chi connectivity index (χ0v) is 16.5. The van der Waals surface area contributed by atoms with Gasteiger partial charge in [-0.2, -0.15) is 0 Å². The molecule has 4 N–H and O–H groups in total. The molecule has 1 aromatic carbocycles. The van der Waals surface area contributed by atoms with Crippen LogP contribution in [0.25, 0.3) is 0 Å². The van der Waals surface area contributed by atoms with Gasteiger partial charge >= 0.3 is 11.9 Å². The second kappa shape index (κ2) is 10.1. The van der Waals surface area contributed by atoms with Crippen molar-refractivity contribution in [2.24, 2.45) is 5.92 Å². The number of dihydropyridines is 1. The highest BCUT2D eigenvalue weighted by Crippen LogP contribution is 2.33. The highest BCUT2D eigenvalue weighted by atomic mass is 16.6. The summed E-state index contributed by atoms with van der Waals surface area (Å²) in [5.41, 5.74) is -1.43. The summed E-state index contributed by atoms with van der Waals surface area (Å²) >= 11 is 0. The Kier molecular flexibility index (Phi) is 7.26. The van der Waals surface area contributed by atoms with Gasteiger partial charge in [-0.25, -0.2) is 9.59 Å². The summed E-state index contributed by atoms with van der Waals surface area (Å²) in [5, 5.41) is 25.3. The molecule has 2 aliphatic rings. The van der Waals surface area contributed by atoms with E-state index in [1.54, 1.807) is 12.2 Å². The van der Waals surface area contributed by atoms with Crippen LogP contribution in [0.3, 0.4) is 0 Å². The third kappa shape index (κ3) is 5.28. The van der Waals surface area contributed by atoms with E-state index in [0.717, 1.165) is 31.5 Å². The summed E-state index contributed by atoms with van der Waals surface area (Å²) in [4.78, 5) is 23.4. The SMILES string of the molecule is O=C(O)/C=C(/C(=O)O)[C@@]1(OCc2ccccc2)NC=CC=C1OCC1CCCNC1. The van der Waals surface area contributed by atoms with Crippen molar-refractivity contribution in [1.82, 2.24) is 10.6 Å². The van der Waals surface area contributed by atoms with Crippen molar-refractivity contribution >= 4 is 11.9 Å². The molecule has 0 aliphatic carbocycles. The lowest BCUT2D eigenvalue weighted by Crippen LogP contribution is -2.52. The summed E-state index contributed by atoms with van der Waals surface area (Å²) in [6.07, 6.45) is 7.46. The lowest BCUT2D eigenvalue weighted by molar-refractivity contribution is -0.140. The van der Waals surface area contributed by atoms with E-state index in [2.05, 4.69) is 10.6 Å². The van der Waals surface area contributed by atoms with E-state index < -0.39 is 23.2 Å². The second-order valence-corrected chi connectivity index (χ2v) is 7.21. The molecule has 160 valence electrons. The number of hydrogen-bond donors (Lipinski definition) is 4. The topological polar surface area (TPSA) is 117 Å². The first-order valence-corrected chi connectivity index (χ1v) is 9.86. The molecule has 1 aromatic rings. The minimum absolute atomic E-state index is 0.0532. The number of nitrogens with one attached hydrogen (secondary N) is 2. The van der Waals surface area contributed by atoms with Crippen molar-refractivity contribution in [2.45, 2.75) is 25.2 Å². The fourth-order valence-electron chi connectivity index (χ4n) is 3.52. The maximum atomic E-state index is 12.0. The lowest BCUT2D eigenvalue weighted by atomic mass is 9.96. The van der Waals surface area contributed by atoms with Crippen molar-refractivity contribution < 1.29 is 29.3 Å². The average Bonchev–Trinajstić information content (AvgIpc) is 2.76. The van der Waals surface area contributed by atoms with Crippen molar-refractivity contribution in [3.05, 3.63) is 71.7 Å². The Morgan fingerprint density at radius 1 is 1.23 bits per heavy atom. The van der Waals surface area contributed by atoms with Gasteiger partial charge in [0.15, 0.2) is 5.76 Å². The highest BCUT2D eigenvalue weighted by molar-refractivity contribution is 5.97. The van der Waals surface area contributed by atoms with E-state index in [4.69, 9.17) is 9.47 Å². The molecule has 0 amide bonds. The van der Waals surface area contributed by atoms with Gasteiger partial charge in [-0.15, -0.1) is 0 Å². The van der Waals surface area contributed by atoms with E-state index >= 15 is 0 Å². The molecule has 2 aliphatic heterocycles. The Labute approximate surface area is 174 Å². The fraction of sp³-hybridized carbons (Fsp3) is 0.364. The molecule has 8 nitrogen and oxygen atoms in total. The number of hydrogen-bond acceptors (Lipinski definition) is 6. The van der Waals surface area contributed by atoms with Crippen LogP contribution in [0.5, 0.6) is 0 Å². The maximum Gasteiger partial charge on any atom is 0.337 e. The highest BCUT2D eigenvalue weighted by Gasteiger charge is 2.46. The summed E-state index contributed by atoms with van der Waals surface area (Å²) in [6.45, 7) is 2.20. The van der Waals surface area contributed by atoms with Crippen LogP contribution in [-0.4, -0.2) is 47.6 Å². The number of carboxylic acids is 2. The predicted octanol–water partition coefficient (Wildman–Crippen LogP) is 2.01. The summed E-state index contributed by atoms with van der Waals surface area (Å²) in [5.74, 6) is -2.32. The molecule has 1 unspecified atom stereocenters. The van der Waals surface area contributed by atoms with Crippen LogP contribution >= 0.6 is 0 Å². The Hall–Kier alpha value is -3.10. The van der Waals surface area contributed by atoms with Gasteiger partial charge < -0.3 is 30.3 Å². The van der Waals surface area contributed by atoms with Crippen LogP contribution < -0.4 is 10.6 Å². The molecule has 0 bridgehead atoms. The van der Waals surface area contributed by atoms with E-state index in [9.17, 15) is 19.8 Å². The molecule has 0 aromatic heterocycles. The van der Waals surface area contributed by atoms with Gasteiger partial charge in [0, 0.05) is 18.5 Å². The van der Waals surface area contributed by atoms with Crippen molar-refractivity contribution in [1.29, 1.82) is 0 Å². The molecule has 0 radical (unpaired) electrons. The second-order valence-electron chi connectivity index (χ2n) is 7.21. The van der Waals surface area contributed by atoms with E-state index in [-0.39, 0.29) is 18.3 Å². The van der Waals surface area contributed by atoms with Crippen LogP contribution in [0.4, 0.5) is 0 Å². The first-order valence-electron chi connectivity index (χ1n) is 9.86. The molecule has 8 heteroatoms. The molecule has 0 saturated carbocycles. The van der Waals surface area contributed by atoms with Crippen LogP contribution in [0, 0.1) is 5.92 Å². The molecule has 1 saturated heterocycles. The Balaban J connectivity index is 1.90. The fourth-order valence-corrected chi connectivity index (χ4v) is 3.52.